The first kappa shape index (κ1) is 27.2. The van der Waals surface area contributed by atoms with E-state index in [2.05, 4.69) is 28.9 Å². The molecule has 0 N–H and O–H groups in total. The number of anilines is 2. The van der Waals surface area contributed by atoms with Crippen LogP contribution in [0.1, 0.15) is 37.3 Å². The maximum absolute atomic E-state index is 13.8. The Bertz CT molecular complexity index is 1480. The number of carbonyl (C=O) groups excluding carboxylic acids is 1. The lowest BCUT2D eigenvalue weighted by atomic mass is 10.2. The minimum absolute atomic E-state index is 0.134. The first-order valence-corrected chi connectivity index (χ1v) is 14.5. The zero-order chi connectivity index (χ0) is 27.5. The number of aromatic nitrogens is 2. The summed E-state index contributed by atoms with van der Waals surface area (Å²) in [7, 11) is 1.66. The van der Waals surface area contributed by atoms with Gasteiger partial charge in [-0.3, -0.25) is 18.9 Å². The predicted octanol–water partition coefficient (Wildman–Crippen LogP) is 4.73. The van der Waals surface area contributed by atoms with Crippen LogP contribution < -0.4 is 20.1 Å². The van der Waals surface area contributed by atoms with E-state index >= 15 is 0 Å². The molecular weight excluding hydrogens is 530 g/mol. The standard InChI is InChI=1S/C29H33N5O3S2/c1-4-5-6-13-33-28(36)24(39-29(33)38)18-23-26(30-25-12-7-20(2)19-34(25)27(23)35)32-16-14-31(15-17-32)21-8-10-22(37-3)11-9-21/h7-12,18-19H,4-6,13-17H2,1-3H3. The molecule has 8 nitrogen and oxygen atoms in total. The number of thiocarbonyl (C=S) groups is 1. The molecule has 2 fully saturated rings. The number of piperazine rings is 1. The van der Waals surface area contributed by atoms with Crippen LogP contribution >= 0.6 is 24.0 Å². The number of aryl methyl sites for hydroxylation is 1. The number of unbranched alkanes of at least 4 members (excludes halogenated alkanes) is 2. The molecule has 0 atom stereocenters. The third kappa shape index (κ3) is 5.67. The van der Waals surface area contributed by atoms with Crippen molar-refractivity contribution in [3.63, 3.8) is 0 Å². The molecule has 0 spiro atoms. The first-order chi connectivity index (χ1) is 18.9. The van der Waals surface area contributed by atoms with E-state index in [-0.39, 0.29) is 11.5 Å². The summed E-state index contributed by atoms with van der Waals surface area (Å²) in [5, 5.41) is 0. The summed E-state index contributed by atoms with van der Waals surface area (Å²) in [5.41, 5.74) is 2.91. The van der Waals surface area contributed by atoms with Crippen molar-refractivity contribution in [1.82, 2.24) is 14.3 Å². The topological polar surface area (TPSA) is 70.4 Å². The largest absolute Gasteiger partial charge is 0.497 e. The molecule has 39 heavy (non-hydrogen) atoms. The van der Waals surface area contributed by atoms with E-state index in [0.29, 0.717) is 45.9 Å². The van der Waals surface area contributed by atoms with Gasteiger partial charge in [-0.1, -0.05) is 49.8 Å². The molecule has 2 saturated heterocycles. The van der Waals surface area contributed by atoms with Crippen LogP contribution in [0.25, 0.3) is 11.7 Å². The normalized spacial score (nSPS) is 17.1. The van der Waals surface area contributed by atoms with Gasteiger partial charge in [-0.15, -0.1) is 0 Å². The predicted molar refractivity (Wildman–Crippen MR) is 163 cm³/mol. The molecular formula is C29H33N5O3S2. The zero-order valence-corrected chi connectivity index (χ0v) is 24.2. The van der Waals surface area contributed by atoms with Gasteiger partial charge in [0.2, 0.25) is 0 Å². The van der Waals surface area contributed by atoms with E-state index in [1.807, 2.05) is 31.2 Å². The molecule has 1 aromatic carbocycles. The summed E-state index contributed by atoms with van der Waals surface area (Å²) >= 11 is 6.79. The average Bonchev–Trinajstić information content (AvgIpc) is 3.22. The number of ether oxygens (including phenoxy) is 1. The molecule has 4 heterocycles. The molecule has 2 aliphatic rings. The highest BCUT2D eigenvalue weighted by Crippen LogP contribution is 2.34. The lowest BCUT2D eigenvalue weighted by molar-refractivity contribution is -0.122. The van der Waals surface area contributed by atoms with E-state index in [4.69, 9.17) is 21.9 Å². The molecule has 3 aromatic rings. The van der Waals surface area contributed by atoms with E-state index < -0.39 is 0 Å². The summed E-state index contributed by atoms with van der Waals surface area (Å²) < 4.78 is 7.40. The SMILES string of the molecule is CCCCCN1C(=O)C(=Cc2c(N3CCN(c4ccc(OC)cc4)CC3)nc3ccc(C)cn3c2=O)SC1=S. The Balaban J connectivity index is 1.47. The highest BCUT2D eigenvalue weighted by Gasteiger charge is 2.33. The molecule has 10 heteroatoms. The molecule has 0 unspecified atom stereocenters. The second kappa shape index (κ2) is 11.8. The second-order valence-corrected chi connectivity index (χ2v) is 11.5. The minimum atomic E-state index is -0.187. The summed E-state index contributed by atoms with van der Waals surface area (Å²) in [4.78, 5) is 38.6. The van der Waals surface area contributed by atoms with Gasteiger partial charge in [0.05, 0.1) is 17.6 Å². The van der Waals surface area contributed by atoms with Gasteiger partial charge < -0.3 is 14.5 Å². The molecule has 5 rings (SSSR count). The number of hydrogen-bond donors (Lipinski definition) is 0. The van der Waals surface area contributed by atoms with Crippen LogP contribution in [-0.4, -0.2) is 64.3 Å². The van der Waals surface area contributed by atoms with Crippen LogP contribution in [0.3, 0.4) is 0 Å². The molecule has 0 aliphatic carbocycles. The van der Waals surface area contributed by atoms with Gasteiger partial charge in [0.15, 0.2) is 0 Å². The van der Waals surface area contributed by atoms with Crippen molar-refractivity contribution >= 4 is 57.4 Å². The third-order valence-corrected chi connectivity index (χ3v) is 8.51. The van der Waals surface area contributed by atoms with Crippen molar-refractivity contribution in [2.24, 2.45) is 0 Å². The summed E-state index contributed by atoms with van der Waals surface area (Å²) in [5.74, 6) is 1.30. The highest BCUT2D eigenvalue weighted by atomic mass is 32.2. The number of methoxy groups -OCH3 is 1. The van der Waals surface area contributed by atoms with Gasteiger partial charge >= 0.3 is 0 Å². The molecule has 0 radical (unpaired) electrons. The molecule has 2 aromatic heterocycles. The lowest BCUT2D eigenvalue weighted by Gasteiger charge is -2.37. The van der Waals surface area contributed by atoms with E-state index in [1.54, 1.807) is 28.7 Å². The van der Waals surface area contributed by atoms with Crippen LogP contribution in [0.4, 0.5) is 11.5 Å². The van der Waals surface area contributed by atoms with Crippen LogP contribution in [0, 0.1) is 6.92 Å². The maximum Gasteiger partial charge on any atom is 0.267 e. The smallest absolute Gasteiger partial charge is 0.267 e. The number of amides is 1. The van der Waals surface area contributed by atoms with Gasteiger partial charge in [0, 0.05) is 44.6 Å². The van der Waals surface area contributed by atoms with Crippen molar-refractivity contribution in [2.45, 2.75) is 33.1 Å². The monoisotopic (exact) mass is 563 g/mol. The van der Waals surface area contributed by atoms with Crippen LogP contribution in [0.5, 0.6) is 5.75 Å². The van der Waals surface area contributed by atoms with Crippen LogP contribution in [0.15, 0.2) is 52.3 Å². The Morgan fingerprint density at radius 3 is 2.44 bits per heavy atom. The Kier molecular flexibility index (Phi) is 8.23. The molecule has 0 bridgehead atoms. The number of pyridine rings is 1. The minimum Gasteiger partial charge on any atom is -0.497 e. The Hall–Kier alpha value is -3.37. The van der Waals surface area contributed by atoms with Crippen molar-refractivity contribution in [2.75, 3.05) is 49.6 Å². The zero-order valence-electron chi connectivity index (χ0n) is 22.6. The number of fused-ring (bicyclic) bond motifs is 1. The number of nitrogens with zero attached hydrogens (tertiary/aromatic N) is 5. The van der Waals surface area contributed by atoms with Crippen LogP contribution in [-0.2, 0) is 4.79 Å². The Labute approximate surface area is 238 Å². The Morgan fingerprint density at radius 2 is 1.74 bits per heavy atom. The summed E-state index contributed by atoms with van der Waals surface area (Å²) in [6.07, 6.45) is 6.51. The molecule has 0 saturated carbocycles. The van der Waals surface area contributed by atoms with Gasteiger partial charge in [-0.05, 0) is 55.3 Å². The van der Waals surface area contributed by atoms with Crippen molar-refractivity contribution in [3.05, 3.63) is 69.0 Å². The molecule has 204 valence electrons. The maximum atomic E-state index is 13.8. The number of hydrogen-bond acceptors (Lipinski definition) is 8. The van der Waals surface area contributed by atoms with E-state index in [0.717, 1.165) is 49.4 Å². The highest BCUT2D eigenvalue weighted by molar-refractivity contribution is 8.26. The quantitative estimate of drug-likeness (QED) is 0.221. The van der Waals surface area contributed by atoms with Gasteiger partial charge in [0.1, 0.15) is 21.5 Å². The van der Waals surface area contributed by atoms with Crippen molar-refractivity contribution < 1.29 is 9.53 Å². The number of rotatable bonds is 8. The first-order valence-electron chi connectivity index (χ1n) is 13.3. The van der Waals surface area contributed by atoms with Crippen molar-refractivity contribution in [1.29, 1.82) is 0 Å². The Morgan fingerprint density at radius 1 is 1.03 bits per heavy atom. The van der Waals surface area contributed by atoms with Gasteiger partial charge in [-0.25, -0.2) is 4.98 Å². The lowest BCUT2D eigenvalue weighted by Crippen LogP contribution is -2.47. The fourth-order valence-electron chi connectivity index (χ4n) is 4.93. The van der Waals surface area contributed by atoms with E-state index in [9.17, 15) is 9.59 Å². The van der Waals surface area contributed by atoms with E-state index in [1.165, 1.54) is 11.8 Å². The third-order valence-electron chi connectivity index (χ3n) is 7.14. The van der Waals surface area contributed by atoms with Crippen LogP contribution in [0.2, 0.25) is 0 Å². The second-order valence-electron chi connectivity index (χ2n) is 9.80. The van der Waals surface area contributed by atoms with Gasteiger partial charge in [-0.2, -0.15) is 0 Å². The fraction of sp³-hybridized carbons (Fsp3) is 0.379. The number of thioether (sulfide) groups is 1. The summed E-state index contributed by atoms with van der Waals surface area (Å²) in [6, 6.07) is 11.9. The van der Waals surface area contributed by atoms with Gasteiger partial charge in [0.25, 0.3) is 11.5 Å². The summed E-state index contributed by atoms with van der Waals surface area (Å²) in [6.45, 7) is 7.62. The number of benzene rings is 1. The average molecular weight is 564 g/mol. The molecule has 1 amide bonds. The fourth-order valence-corrected chi connectivity index (χ4v) is 6.22. The molecule has 2 aliphatic heterocycles. The van der Waals surface area contributed by atoms with Crippen molar-refractivity contribution in [3.8, 4) is 5.75 Å². The number of carbonyl (C=O) groups is 1.